The smallest absolute Gasteiger partial charge is 0.257 e. The Hall–Kier alpha value is -1.88. The molecule has 0 bridgehead atoms. The minimum Gasteiger partial charge on any atom is -0.491 e. The van der Waals surface area contributed by atoms with E-state index in [0.717, 1.165) is 5.56 Å². The first kappa shape index (κ1) is 10.6. The van der Waals surface area contributed by atoms with Crippen molar-refractivity contribution in [3.8, 4) is 17.2 Å². The summed E-state index contributed by atoms with van der Waals surface area (Å²) in [6, 6.07) is 7.26. The summed E-state index contributed by atoms with van der Waals surface area (Å²) < 4.78 is 10.3. The highest BCUT2D eigenvalue weighted by molar-refractivity contribution is 5.54. The van der Waals surface area contributed by atoms with Crippen LogP contribution < -0.4 is 4.74 Å². The molecule has 1 N–H and O–H groups in total. The fourth-order valence-electron chi connectivity index (χ4n) is 1.27. The minimum absolute atomic E-state index is 0.00457. The Balaban J connectivity index is 2.13. The molecule has 0 atom stereocenters. The van der Waals surface area contributed by atoms with Gasteiger partial charge in [-0.1, -0.05) is 5.16 Å². The van der Waals surface area contributed by atoms with Crippen LogP contribution in [0.3, 0.4) is 0 Å². The average molecular weight is 220 g/mol. The molecule has 1 aromatic heterocycles. The van der Waals surface area contributed by atoms with Gasteiger partial charge in [0, 0.05) is 5.56 Å². The SMILES string of the molecule is Cc1noc(-c2ccc(OCCO)cc2)n1. The molecule has 0 aliphatic rings. The molecule has 5 nitrogen and oxygen atoms in total. The first-order valence-electron chi connectivity index (χ1n) is 4.94. The number of nitrogens with zero attached hydrogens (tertiary/aromatic N) is 2. The zero-order valence-corrected chi connectivity index (χ0v) is 8.88. The van der Waals surface area contributed by atoms with Crippen LogP contribution in [-0.4, -0.2) is 28.5 Å². The van der Waals surface area contributed by atoms with Crippen molar-refractivity contribution in [1.29, 1.82) is 0 Å². The van der Waals surface area contributed by atoms with Crippen molar-refractivity contribution in [2.45, 2.75) is 6.92 Å². The molecule has 0 aliphatic carbocycles. The van der Waals surface area contributed by atoms with Crippen LogP contribution in [0.1, 0.15) is 5.82 Å². The van der Waals surface area contributed by atoms with Gasteiger partial charge in [0.05, 0.1) is 6.61 Å². The van der Waals surface area contributed by atoms with Crippen LogP contribution in [0, 0.1) is 6.92 Å². The molecule has 2 aromatic rings. The van der Waals surface area contributed by atoms with Crippen molar-refractivity contribution in [3.05, 3.63) is 30.1 Å². The van der Waals surface area contributed by atoms with Crippen LogP contribution in [-0.2, 0) is 0 Å². The zero-order valence-electron chi connectivity index (χ0n) is 8.88. The van der Waals surface area contributed by atoms with Gasteiger partial charge < -0.3 is 14.4 Å². The summed E-state index contributed by atoms with van der Waals surface area (Å²) in [6.07, 6.45) is 0. The van der Waals surface area contributed by atoms with Gasteiger partial charge in [-0.15, -0.1) is 0 Å². The summed E-state index contributed by atoms with van der Waals surface area (Å²) in [4.78, 5) is 4.11. The van der Waals surface area contributed by atoms with Gasteiger partial charge in [0.1, 0.15) is 12.4 Å². The van der Waals surface area contributed by atoms with E-state index in [1.165, 1.54) is 0 Å². The topological polar surface area (TPSA) is 68.4 Å². The Labute approximate surface area is 92.7 Å². The van der Waals surface area contributed by atoms with Crippen molar-refractivity contribution in [1.82, 2.24) is 10.1 Å². The second-order valence-corrected chi connectivity index (χ2v) is 3.24. The van der Waals surface area contributed by atoms with Crippen molar-refractivity contribution in [2.24, 2.45) is 0 Å². The van der Waals surface area contributed by atoms with Crippen molar-refractivity contribution in [3.63, 3.8) is 0 Å². The van der Waals surface area contributed by atoms with Crippen LogP contribution in [0.25, 0.3) is 11.5 Å². The number of rotatable bonds is 4. The van der Waals surface area contributed by atoms with Crippen molar-refractivity contribution in [2.75, 3.05) is 13.2 Å². The molecule has 0 radical (unpaired) electrons. The molecule has 0 aliphatic heterocycles. The van der Waals surface area contributed by atoms with E-state index in [4.69, 9.17) is 14.4 Å². The van der Waals surface area contributed by atoms with E-state index < -0.39 is 0 Å². The highest BCUT2D eigenvalue weighted by Crippen LogP contribution is 2.20. The Morgan fingerprint density at radius 3 is 2.62 bits per heavy atom. The number of hydrogen-bond acceptors (Lipinski definition) is 5. The fourth-order valence-corrected chi connectivity index (χ4v) is 1.27. The third-order valence-electron chi connectivity index (χ3n) is 1.99. The molecule has 1 heterocycles. The maximum absolute atomic E-state index is 8.60. The predicted octanol–water partition coefficient (Wildman–Crippen LogP) is 1.42. The van der Waals surface area contributed by atoms with Gasteiger partial charge in [-0.2, -0.15) is 4.98 Å². The number of aryl methyl sites for hydroxylation is 1. The lowest BCUT2D eigenvalue weighted by Gasteiger charge is -2.03. The van der Waals surface area contributed by atoms with E-state index in [2.05, 4.69) is 10.1 Å². The first-order chi connectivity index (χ1) is 7.79. The second kappa shape index (κ2) is 4.76. The van der Waals surface area contributed by atoms with Crippen molar-refractivity contribution < 1.29 is 14.4 Å². The van der Waals surface area contributed by atoms with E-state index in [1.54, 1.807) is 19.1 Å². The predicted molar refractivity (Wildman–Crippen MR) is 57.1 cm³/mol. The van der Waals surface area contributed by atoms with Crippen LogP contribution in [0.15, 0.2) is 28.8 Å². The Bertz CT molecular complexity index is 451. The third kappa shape index (κ3) is 2.38. The van der Waals surface area contributed by atoms with Crippen LogP contribution >= 0.6 is 0 Å². The quantitative estimate of drug-likeness (QED) is 0.843. The number of hydrogen-bond donors (Lipinski definition) is 1. The number of ether oxygens (including phenoxy) is 1. The van der Waals surface area contributed by atoms with Crippen molar-refractivity contribution >= 4 is 0 Å². The lowest BCUT2D eigenvalue weighted by Crippen LogP contribution is -2.01. The molecule has 0 saturated heterocycles. The molecule has 0 amide bonds. The van der Waals surface area contributed by atoms with Gasteiger partial charge in [-0.05, 0) is 31.2 Å². The zero-order chi connectivity index (χ0) is 11.4. The highest BCUT2D eigenvalue weighted by atomic mass is 16.5. The molecule has 0 unspecified atom stereocenters. The minimum atomic E-state index is 0.00457. The monoisotopic (exact) mass is 220 g/mol. The summed E-state index contributed by atoms with van der Waals surface area (Å²) in [7, 11) is 0. The molecule has 1 aromatic carbocycles. The van der Waals surface area contributed by atoms with Crippen LogP contribution in [0.5, 0.6) is 5.75 Å². The molecule has 84 valence electrons. The van der Waals surface area contributed by atoms with Crippen LogP contribution in [0.2, 0.25) is 0 Å². The lowest BCUT2D eigenvalue weighted by molar-refractivity contribution is 0.201. The van der Waals surface area contributed by atoms with Gasteiger partial charge in [0.15, 0.2) is 5.82 Å². The van der Waals surface area contributed by atoms with Gasteiger partial charge in [-0.3, -0.25) is 0 Å². The third-order valence-corrected chi connectivity index (χ3v) is 1.99. The summed E-state index contributed by atoms with van der Waals surface area (Å²) >= 11 is 0. The molecular weight excluding hydrogens is 208 g/mol. The van der Waals surface area contributed by atoms with E-state index in [9.17, 15) is 0 Å². The van der Waals surface area contributed by atoms with Gasteiger partial charge >= 0.3 is 0 Å². The maximum atomic E-state index is 8.60. The fraction of sp³-hybridized carbons (Fsp3) is 0.273. The molecular formula is C11H12N2O3. The van der Waals surface area contributed by atoms with Gasteiger partial charge in [0.25, 0.3) is 5.89 Å². The molecule has 0 spiro atoms. The summed E-state index contributed by atoms with van der Waals surface area (Å²) in [5.74, 6) is 1.80. The number of aliphatic hydroxyl groups is 1. The largest absolute Gasteiger partial charge is 0.491 e. The molecule has 0 fully saturated rings. The van der Waals surface area contributed by atoms with E-state index >= 15 is 0 Å². The molecule has 5 heteroatoms. The van der Waals surface area contributed by atoms with E-state index in [1.807, 2.05) is 12.1 Å². The Morgan fingerprint density at radius 2 is 2.06 bits per heavy atom. The first-order valence-corrected chi connectivity index (χ1v) is 4.94. The summed E-state index contributed by atoms with van der Waals surface area (Å²) in [6.45, 7) is 2.06. The number of aliphatic hydroxyl groups excluding tert-OH is 1. The molecule has 2 rings (SSSR count). The Morgan fingerprint density at radius 1 is 1.31 bits per heavy atom. The van der Waals surface area contributed by atoms with E-state index in [-0.39, 0.29) is 6.61 Å². The Kier molecular flexibility index (Phi) is 3.16. The average Bonchev–Trinajstić information content (AvgIpc) is 2.74. The summed E-state index contributed by atoms with van der Waals surface area (Å²) in [5, 5.41) is 12.3. The molecule has 16 heavy (non-hydrogen) atoms. The molecule has 0 saturated carbocycles. The van der Waals surface area contributed by atoms with Gasteiger partial charge in [0.2, 0.25) is 0 Å². The second-order valence-electron chi connectivity index (χ2n) is 3.24. The van der Waals surface area contributed by atoms with Gasteiger partial charge in [-0.25, -0.2) is 0 Å². The standard InChI is InChI=1S/C11H12N2O3/c1-8-12-11(16-13-8)9-2-4-10(5-3-9)15-7-6-14/h2-5,14H,6-7H2,1H3. The maximum Gasteiger partial charge on any atom is 0.257 e. The normalized spacial score (nSPS) is 10.4. The number of aromatic nitrogens is 2. The number of benzene rings is 1. The van der Waals surface area contributed by atoms with Crippen LogP contribution in [0.4, 0.5) is 0 Å². The lowest BCUT2D eigenvalue weighted by atomic mass is 10.2. The highest BCUT2D eigenvalue weighted by Gasteiger charge is 2.05. The summed E-state index contributed by atoms with van der Waals surface area (Å²) in [5.41, 5.74) is 0.844. The van der Waals surface area contributed by atoms with E-state index in [0.29, 0.717) is 24.1 Å².